The van der Waals surface area contributed by atoms with Crippen LogP contribution >= 0.6 is 0 Å². The minimum absolute atomic E-state index is 0.0864. The van der Waals surface area contributed by atoms with Crippen LogP contribution < -0.4 is 24.6 Å². The second-order valence-electron chi connectivity index (χ2n) is 12.2. The Kier molecular flexibility index (Phi) is 9.42. The molecule has 0 aliphatic heterocycles. The number of rotatable bonds is 10. The Bertz CT molecular complexity index is 1940. The van der Waals surface area contributed by atoms with Crippen molar-refractivity contribution in [2.75, 3.05) is 28.4 Å². The molecule has 4 aromatic rings. The molecular weight excluding hydrogens is 758 g/mol. The minimum atomic E-state index is -6.17. The summed E-state index contributed by atoms with van der Waals surface area (Å²) in [6.45, 7) is 1.76. The number of alkyl halides is 6. The van der Waals surface area contributed by atoms with Crippen LogP contribution in [0, 0.1) is 0 Å². The predicted molar refractivity (Wildman–Crippen MR) is 179 cm³/mol. The maximum absolute atomic E-state index is 13.7. The fourth-order valence-corrected chi connectivity index (χ4v) is 21.5. The average Bonchev–Trinajstić information content (AvgIpc) is 3.74. The summed E-state index contributed by atoms with van der Waals surface area (Å²) in [5.74, 6) is 1.93. The van der Waals surface area contributed by atoms with Crippen molar-refractivity contribution in [3.05, 3.63) is 118 Å². The van der Waals surface area contributed by atoms with E-state index in [1.807, 2.05) is 28.0 Å². The molecule has 0 saturated carbocycles. The van der Waals surface area contributed by atoms with Gasteiger partial charge < -0.3 is 0 Å². The Morgan fingerprint density at radius 2 is 0.863 bits per heavy atom. The first-order valence-electron chi connectivity index (χ1n) is 15.8. The first kappa shape index (κ1) is 36.3. The van der Waals surface area contributed by atoms with Gasteiger partial charge in [0.1, 0.15) is 0 Å². The summed E-state index contributed by atoms with van der Waals surface area (Å²) in [6.07, 6.45) is -1.63. The van der Waals surface area contributed by atoms with E-state index in [0.29, 0.717) is 23.0 Å². The summed E-state index contributed by atoms with van der Waals surface area (Å²) in [5, 5.41) is 0. The average molecular weight is 792 g/mol. The quantitative estimate of drug-likeness (QED) is 0.149. The van der Waals surface area contributed by atoms with E-state index in [4.69, 9.17) is 24.6 Å². The molecule has 2 unspecified atom stereocenters. The number of ether oxygens (including phenoxy) is 4. The summed E-state index contributed by atoms with van der Waals surface area (Å²) in [5.41, 5.74) is 1.19. The summed E-state index contributed by atoms with van der Waals surface area (Å²) in [7, 11) is 6.00. The van der Waals surface area contributed by atoms with Crippen LogP contribution in [0.4, 0.5) is 26.3 Å². The SMILES string of the molecule is C[CH]=[Zr]([O]c1ccc(C(F)(F)F)cc1)([O]c1ccc(C(F)(F)F)cc1)([CH]1C=Cc2cc(OC)c(OC)cc21)[CH]1C=Cc2cc(OC)c(OC)cc21. The Hall–Kier alpha value is -4.51. The molecule has 0 bridgehead atoms. The normalized spacial score (nSPS) is 16.7. The van der Waals surface area contributed by atoms with Crippen LogP contribution in [-0.4, -0.2) is 32.1 Å². The Labute approximate surface area is 292 Å². The fraction of sp³-hybridized carbons (Fsp3) is 0.237. The zero-order valence-electron chi connectivity index (χ0n) is 28.2. The first-order chi connectivity index (χ1) is 24.2. The van der Waals surface area contributed by atoms with Gasteiger partial charge in [-0.2, -0.15) is 0 Å². The van der Waals surface area contributed by atoms with E-state index in [1.165, 1.54) is 52.7 Å². The zero-order valence-corrected chi connectivity index (χ0v) is 30.6. The van der Waals surface area contributed by atoms with Gasteiger partial charge in [0.2, 0.25) is 0 Å². The second kappa shape index (κ2) is 13.2. The molecule has 0 spiro atoms. The van der Waals surface area contributed by atoms with E-state index in [2.05, 4.69) is 0 Å². The number of fused-ring (bicyclic) bond motifs is 2. The standard InChI is InChI=1S/2C11H11O2.2C7H5F3O.C2H4.Zr/c2*1-12-10-6-8-4-3-5-9(8)7-11(10)13-2;2*8-7(9,10)5-1-3-6(11)4-2-5;1-2;/h2*3-7H,1-2H3;2*1-4,11H;1H,2H3;/q;;;;;+2/p-2. The molecule has 51 heavy (non-hydrogen) atoms. The number of hydrogen-bond acceptors (Lipinski definition) is 6. The predicted octanol–water partition coefficient (Wildman–Crippen LogP) is 10.1. The van der Waals surface area contributed by atoms with Crippen molar-refractivity contribution in [1.29, 1.82) is 0 Å². The third kappa shape index (κ3) is 6.23. The number of methoxy groups -OCH3 is 4. The molecule has 0 N–H and O–H groups in total. The van der Waals surface area contributed by atoms with Crippen LogP contribution in [0.5, 0.6) is 34.5 Å². The summed E-state index contributed by atoms with van der Waals surface area (Å²) in [6, 6.07) is 15.8. The van der Waals surface area contributed by atoms with Crippen molar-refractivity contribution in [1.82, 2.24) is 0 Å². The second-order valence-corrected chi connectivity index (χ2v) is 24.0. The van der Waals surface area contributed by atoms with Crippen LogP contribution in [0.2, 0.25) is 0 Å². The van der Waals surface area contributed by atoms with Crippen molar-refractivity contribution in [2.24, 2.45) is 0 Å². The van der Waals surface area contributed by atoms with Gasteiger partial charge in [-0.05, 0) is 0 Å². The number of hydrogen-bond donors (Lipinski definition) is 0. The van der Waals surface area contributed by atoms with Crippen LogP contribution in [-0.2, 0) is 31.5 Å². The first-order valence-corrected chi connectivity index (χ1v) is 22.0. The molecule has 2 atom stereocenters. The van der Waals surface area contributed by atoms with Crippen molar-refractivity contribution >= 4 is 15.9 Å². The Balaban J connectivity index is 1.68. The van der Waals surface area contributed by atoms with Gasteiger partial charge in [-0.3, -0.25) is 0 Å². The maximum atomic E-state index is 13.7. The molecule has 0 fully saturated rings. The van der Waals surface area contributed by atoms with Gasteiger partial charge in [-0.25, -0.2) is 0 Å². The van der Waals surface area contributed by atoms with E-state index in [1.54, 1.807) is 31.2 Å². The van der Waals surface area contributed by atoms with Gasteiger partial charge in [-0.15, -0.1) is 0 Å². The van der Waals surface area contributed by atoms with E-state index in [0.717, 1.165) is 46.5 Å². The van der Waals surface area contributed by atoms with E-state index in [-0.39, 0.29) is 11.5 Å². The molecule has 2 aliphatic carbocycles. The zero-order chi connectivity index (χ0) is 36.8. The van der Waals surface area contributed by atoms with E-state index in [9.17, 15) is 26.3 Å². The molecule has 4 aromatic carbocycles. The van der Waals surface area contributed by atoms with Crippen molar-refractivity contribution in [3.8, 4) is 34.5 Å². The van der Waals surface area contributed by atoms with Crippen molar-refractivity contribution in [3.63, 3.8) is 0 Å². The number of benzene rings is 4. The van der Waals surface area contributed by atoms with Gasteiger partial charge in [-0.1, -0.05) is 0 Å². The molecule has 0 aromatic heterocycles. The molecule has 6 rings (SSSR count). The molecule has 2 aliphatic rings. The van der Waals surface area contributed by atoms with Crippen LogP contribution in [0.1, 0.15) is 47.6 Å². The summed E-state index contributed by atoms with van der Waals surface area (Å²) < 4.78 is 120. The Morgan fingerprint density at radius 3 is 1.16 bits per heavy atom. The summed E-state index contributed by atoms with van der Waals surface area (Å²) in [4.78, 5) is 0. The van der Waals surface area contributed by atoms with E-state index < -0.39 is 49.9 Å². The number of halogens is 6. The van der Waals surface area contributed by atoms with Gasteiger partial charge in [0, 0.05) is 0 Å². The molecular formula is C38H34F6O6Zr. The molecule has 268 valence electrons. The monoisotopic (exact) mass is 790 g/mol. The van der Waals surface area contributed by atoms with Crippen LogP contribution in [0.25, 0.3) is 12.2 Å². The summed E-state index contributed by atoms with van der Waals surface area (Å²) >= 11 is -6.17. The molecule has 6 nitrogen and oxygen atoms in total. The molecule has 0 saturated heterocycles. The van der Waals surface area contributed by atoms with Crippen LogP contribution in [0.15, 0.2) is 84.9 Å². The van der Waals surface area contributed by atoms with E-state index >= 15 is 0 Å². The molecule has 13 heteroatoms. The molecule has 0 amide bonds. The third-order valence-electron chi connectivity index (χ3n) is 9.62. The van der Waals surface area contributed by atoms with Gasteiger partial charge in [0.05, 0.1) is 0 Å². The van der Waals surface area contributed by atoms with Crippen molar-refractivity contribution < 1.29 is 70.1 Å². The fourth-order valence-electron chi connectivity index (χ4n) is 7.12. The van der Waals surface area contributed by atoms with Gasteiger partial charge in [0.15, 0.2) is 0 Å². The van der Waals surface area contributed by atoms with Gasteiger partial charge in [0.25, 0.3) is 0 Å². The molecule has 0 radical (unpaired) electrons. The van der Waals surface area contributed by atoms with Gasteiger partial charge >= 0.3 is 294 Å². The Morgan fingerprint density at radius 1 is 0.529 bits per heavy atom. The van der Waals surface area contributed by atoms with Crippen LogP contribution in [0.3, 0.4) is 0 Å². The topological polar surface area (TPSA) is 55.4 Å². The number of allylic oxidation sites excluding steroid dienone is 2. The van der Waals surface area contributed by atoms with Crippen molar-refractivity contribution in [2.45, 2.75) is 26.5 Å². The molecule has 0 heterocycles. The third-order valence-corrected chi connectivity index (χ3v) is 24.2.